The molecule has 0 aromatic heterocycles. The van der Waals surface area contributed by atoms with E-state index < -0.39 is 12.1 Å². The average Bonchev–Trinajstić information content (AvgIpc) is 3.43. The Balaban J connectivity index is 3.33. The zero-order valence-corrected chi connectivity index (χ0v) is 52.0. The number of rotatable bonds is 65. The highest BCUT2D eigenvalue weighted by Gasteiger charge is 2.18. The smallest absolute Gasteiger partial charge is 0.305 e. The summed E-state index contributed by atoms with van der Waals surface area (Å²) in [6.45, 7) is 4.90. The molecule has 0 aromatic carbocycles. The minimum atomic E-state index is -0.841. The SMILES string of the molecule is CCCCCCCC/C=C\CCCCCCCCCCCC(=O)OCCCCCCCCCCCCCC/C=C\CCCCCCCCCCCCCCCCCC(=O)NC(CO)C(O)/C=C/CCCCCCCCCC. The molecule has 0 aromatic rings. The third-order valence-electron chi connectivity index (χ3n) is 16.1. The predicted molar refractivity (Wildman–Crippen MR) is 338 cm³/mol. The molecule has 0 aliphatic heterocycles. The van der Waals surface area contributed by atoms with E-state index in [9.17, 15) is 19.8 Å². The van der Waals surface area contributed by atoms with Crippen LogP contribution in [0.25, 0.3) is 0 Å². The highest BCUT2D eigenvalue weighted by molar-refractivity contribution is 5.76. The van der Waals surface area contributed by atoms with Gasteiger partial charge in [-0.3, -0.25) is 9.59 Å². The first-order chi connectivity index (χ1) is 38.0. The molecule has 0 saturated heterocycles. The second kappa shape index (κ2) is 66.6. The van der Waals surface area contributed by atoms with Crippen LogP contribution in [0.2, 0.25) is 0 Å². The van der Waals surface area contributed by atoms with E-state index in [4.69, 9.17) is 4.74 Å². The van der Waals surface area contributed by atoms with Crippen molar-refractivity contribution in [3.8, 4) is 0 Å². The number of nitrogens with one attached hydrogen (secondary N) is 1. The molecule has 0 spiro atoms. The van der Waals surface area contributed by atoms with E-state index in [2.05, 4.69) is 43.5 Å². The minimum Gasteiger partial charge on any atom is -0.466 e. The maximum Gasteiger partial charge on any atom is 0.305 e. The van der Waals surface area contributed by atoms with Crippen molar-refractivity contribution < 1.29 is 24.5 Å². The number of unbranched alkanes of at least 4 members (excludes halogenated alkanes) is 50. The summed E-state index contributed by atoms with van der Waals surface area (Å²) in [6.07, 6.45) is 85.2. The first-order valence-corrected chi connectivity index (χ1v) is 34.8. The van der Waals surface area contributed by atoms with Crippen LogP contribution in [0.4, 0.5) is 0 Å². The fourth-order valence-electron chi connectivity index (χ4n) is 10.8. The normalized spacial score (nSPS) is 12.7. The van der Waals surface area contributed by atoms with Crippen LogP contribution in [0.15, 0.2) is 36.5 Å². The molecular formula is C71H135NO5. The van der Waals surface area contributed by atoms with Gasteiger partial charge in [0.2, 0.25) is 5.91 Å². The molecule has 0 radical (unpaired) electrons. The van der Waals surface area contributed by atoms with Crippen molar-refractivity contribution in [2.75, 3.05) is 13.2 Å². The van der Waals surface area contributed by atoms with Gasteiger partial charge in [0.15, 0.2) is 0 Å². The minimum absolute atomic E-state index is 0.0172. The van der Waals surface area contributed by atoms with Crippen molar-refractivity contribution in [2.45, 2.75) is 392 Å². The number of amides is 1. The van der Waals surface area contributed by atoms with E-state index in [1.807, 2.05) is 6.08 Å². The summed E-state index contributed by atoms with van der Waals surface area (Å²) in [6, 6.07) is -0.624. The summed E-state index contributed by atoms with van der Waals surface area (Å²) < 4.78 is 5.51. The maximum absolute atomic E-state index is 12.4. The Kier molecular flexibility index (Phi) is 64.9. The fourth-order valence-corrected chi connectivity index (χ4v) is 10.8. The van der Waals surface area contributed by atoms with Gasteiger partial charge in [-0.15, -0.1) is 0 Å². The van der Waals surface area contributed by atoms with Gasteiger partial charge in [-0.1, -0.05) is 320 Å². The number of hydrogen-bond donors (Lipinski definition) is 3. The van der Waals surface area contributed by atoms with Crippen LogP contribution in [0.5, 0.6) is 0 Å². The van der Waals surface area contributed by atoms with Gasteiger partial charge in [0, 0.05) is 12.8 Å². The van der Waals surface area contributed by atoms with Crippen molar-refractivity contribution in [1.29, 1.82) is 0 Å². The molecule has 6 nitrogen and oxygen atoms in total. The average molecular weight is 1080 g/mol. The molecular weight excluding hydrogens is 947 g/mol. The number of hydrogen-bond acceptors (Lipinski definition) is 5. The Morgan fingerprint density at radius 3 is 0.922 bits per heavy atom. The summed E-state index contributed by atoms with van der Waals surface area (Å²) in [5.41, 5.74) is 0. The molecule has 1 amide bonds. The lowest BCUT2D eigenvalue weighted by Gasteiger charge is -2.20. The Bertz CT molecular complexity index is 1250. The van der Waals surface area contributed by atoms with Gasteiger partial charge in [0.25, 0.3) is 0 Å². The van der Waals surface area contributed by atoms with E-state index in [-0.39, 0.29) is 18.5 Å². The molecule has 0 bridgehead atoms. The lowest BCUT2D eigenvalue weighted by molar-refractivity contribution is -0.143. The number of aliphatic hydroxyl groups is 2. The number of esters is 1. The number of carbonyl (C=O) groups is 2. The van der Waals surface area contributed by atoms with Crippen LogP contribution < -0.4 is 5.32 Å². The molecule has 3 N–H and O–H groups in total. The first kappa shape index (κ1) is 75.1. The summed E-state index contributed by atoms with van der Waals surface area (Å²) in [4.78, 5) is 24.5. The van der Waals surface area contributed by atoms with E-state index in [0.29, 0.717) is 19.4 Å². The molecule has 0 aliphatic carbocycles. The third kappa shape index (κ3) is 63.1. The first-order valence-electron chi connectivity index (χ1n) is 34.8. The van der Waals surface area contributed by atoms with Crippen LogP contribution in [-0.4, -0.2) is 47.4 Å². The van der Waals surface area contributed by atoms with Crippen molar-refractivity contribution >= 4 is 11.9 Å². The standard InChI is InChI=1S/C71H135NO5/c1-3-5-7-9-11-13-15-16-17-18-32-36-39-42-45-49-53-57-61-65-71(76)77-66-62-58-54-50-46-43-40-37-34-31-29-27-25-23-21-19-20-22-24-26-28-30-33-35-38-41-44-48-52-56-60-64-70(75)72-68(67-73)69(74)63-59-55-51-47-14-12-10-8-6-4-2/h16-17,21,23,59,63,68-69,73-74H,3-15,18-20,22,24-58,60-62,64-67H2,1-2H3,(H,72,75)/b17-16-,23-21-,63-59+. The quantitative estimate of drug-likeness (QED) is 0.0320. The molecule has 0 saturated carbocycles. The largest absolute Gasteiger partial charge is 0.466 e. The number of carbonyl (C=O) groups excluding carboxylic acids is 2. The highest BCUT2D eigenvalue weighted by Crippen LogP contribution is 2.18. The highest BCUT2D eigenvalue weighted by atomic mass is 16.5. The van der Waals surface area contributed by atoms with Gasteiger partial charge in [0.05, 0.1) is 25.4 Å². The van der Waals surface area contributed by atoms with Crippen LogP contribution in [-0.2, 0) is 14.3 Å². The van der Waals surface area contributed by atoms with Crippen LogP contribution >= 0.6 is 0 Å². The van der Waals surface area contributed by atoms with E-state index in [0.717, 1.165) is 38.5 Å². The predicted octanol–water partition coefficient (Wildman–Crippen LogP) is 22.3. The summed E-state index contributed by atoms with van der Waals surface area (Å²) in [5, 5.41) is 23.0. The molecule has 77 heavy (non-hydrogen) atoms. The molecule has 0 aliphatic rings. The van der Waals surface area contributed by atoms with Crippen LogP contribution in [0.1, 0.15) is 380 Å². The molecule has 0 fully saturated rings. The number of aliphatic hydroxyl groups excluding tert-OH is 2. The van der Waals surface area contributed by atoms with Crippen molar-refractivity contribution in [2.24, 2.45) is 0 Å². The van der Waals surface area contributed by atoms with Gasteiger partial charge >= 0.3 is 5.97 Å². The zero-order chi connectivity index (χ0) is 55.7. The van der Waals surface area contributed by atoms with E-state index >= 15 is 0 Å². The van der Waals surface area contributed by atoms with Crippen molar-refractivity contribution in [3.63, 3.8) is 0 Å². The number of ether oxygens (including phenoxy) is 1. The van der Waals surface area contributed by atoms with Crippen LogP contribution in [0.3, 0.4) is 0 Å². The third-order valence-corrected chi connectivity index (χ3v) is 16.1. The van der Waals surface area contributed by atoms with Gasteiger partial charge in [0.1, 0.15) is 0 Å². The lowest BCUT2D eigenvalue weighted by atomic mass is 10.0. The second-order valence-electron chi connectivity index (χ2n) is 23.9. The molecule has 0 rings (SSSR count). The Labute approximate surface area is 481 Å². The molecule has 0 heterocycles. The topological polar surface area (TPSA) is 95.9 Å². The van der Waals surface area contributed by atoms with Gasteiger partial charge < -0.3 is 20.3 Å². The molecule has 454 valence electrons. The zero-order valence-electron chi connectivity index (χ0n) is 52.0. The van der Waals surface area contributed by atoms with E-state index in [1.165, 1.54) is 315 Å². The van der Waals surface area contributed by atoms with Crippen molar-refractivity contribution in [3.05, 3.63) is 36.5 Å². The monoisotopic (exact) mass is 1080 g/mol. The molecule has 2 unspecified atom stereocenters. The lowest BCUT2D eigenvalue weighted by Crippen LogP contribution is -2.45. The fraction of sp³-hybridized carbons (Fsp3) is 0.887. The van der Waals surface area contributed by atoms with E-state index in [1.54, 1.807) is 6.08 Å². The molecule has 6 heteroatoms. The van der Waals surface area contributed by atoms with Gasteiger partial charge in [-0.05, 0) is 83.5 Å². The second-order valence-corrected chi connectivity index (χ2v) is 23.9. The Hall–Kier alpha value is -1.92. The summed E-state index contributed by atoms with van der Waals surface area (Å²) in [5.74, 6) is -0.0495. The number of allylic oxidation sites excluding steroid dienone is 5. The summed E-state index contributed by atoms with van der Waals surface area (Å²) >= 11 is 0. The maximum atomic E-state index is 12.4. The van der Waals surface area contributed by atoms with Crippen molar-refractivity contribution in [1.82, 2.24) is 5.32 Å². The van der Waals surface area contributed by atoms with Gasteiger partial charge in [-0.25, -0.2) is 0 Å². The molecule has 2 atom stereocenters. The summed E-state index contributed by atoms with van der Waals surface area (Å²) in [7, 11) is 0. The van der Waals surface area contributed by atoms with Gasteiger partial charge in [-0.2, -0.15) is 0 Å². The van der Waals surface area contributed by atoms with Crippen LogP contribution in [0, 0.1) is 0 Å². The Morgan fingerprint density at radius 1 is 0.351 bits per heavy atom. The Morgan fingerprint density at radius 2 is 0.610 bits per heavy atom.